The van der Waals surface area contributed by atoms with Gasteiger partial charge in [0.2, 0.25) is 0 Å². The third-order valence-electron chi connectivity index (χ3n) is 4.19. The summed E-state index contributed by atoms with van der Waals surface area (Å²) in [7, 11) is 1.39. The molecule has 0 unspecified atom stereocenters. The van der Waals surface area contributed by atoms with E-state index in [2.05, 4.69) is 5.10 Å². The highest BCUT2D eigenvalue weighted by Crippen LogP contribution is 2.35. The van der Waals surface area contributed by atoms with E-state index in [-0.39, 0.29) is 12.3 Å². The molecule has 10 heteroatoms. The number of halogens is 5. The van der Waals surface area contributed by atoms with Crippen LogP contribution in [0.5, 0.6) is 5.75 Å². The maximum atomic E-state index is 13.4. The van der Waals surface area contributed by atoms with Crippen LogP contribution in [0.1, 0.15) is 45.0 Å². The highest BCUT2D eigenvalue weighted by molar-refractivity contribution is 7.12. The summed E-state index contributed by atoms with van der Waals surface area (Å²) in [5.41, 5.74) is -0.682. The molecule has 3 rings (SSSR count). The topological polar surface area (TPSA) is 44.1 Å². The number of methoxy groups -OCH3 is 1. The SMILES string of the molecule is COc1ccc(/C=C/C(=O)c2cccs2)cc1Cn1nc(C(F)F)c(Cl)c1C(F)F. The summed E-state index contributed by atoms with van der Waals surface area (Å²) in [6, 6.07) is 8.33. The fourth-order valence-corrected chi connectivity index (χ4v) is 3.75. The molecule has 0 radical (unpaired) electrons. The molecule has 1 aromatic carbocycles. The van der Waals surface area contributed by atoms with Gasteiger partial charge in [0.25, 0.3) is 12.9 Å². The van der Waals surface area contributed by atoms with Crippen LogP contribution in [0.25, 0.3) is 6.08 Å². The maximum absolute atomic E-state index is 13.4. The van der Waals surface area contributed by atoms with Crippen LogP contribution in [0.4, 0.5) is 17.6 Å². The summed E-state index contributed by atoms with van der Waals surface area (Å²) in [6.45, 7) is -0.268. The number of carbonyl (C=O) groups excluding carboxylic acids is 1. The van der Waals surface area contributed by atoms with Crippen molar-refractivity contribution in [1.82, 2.24) is 9.78 Å². The Labute approximate surface area is 178 Å². The molecule has 0 spiro atoms. The molecular weight excluding hydrogens is 444 g/mol. The molecule has 2 heterocycles. The van der Waals surface area contributed by atoms with Crippen LogP contribution in [0.15, 0.2) is 41.8 Å². The standard InChI is InChI=1S/C20H15ClF4N2O2S/c1-29-14-7-5-11(4-6-13(28)15-3-2-8-30-15)9-12(14)10-27-18(20(24)25)16(21)17(26-27)19(22)23/h2-9,19-20H,10H2,1H3/b6-4+. The van der Waals surface area contributed by atoms with E-state index in [1.54, 1.807) is 41.8 Å². The van der Waals surface area contributed by atoms with E-state index >= 15 is 0 Å². The fourth-order valence-electron chi connectivity index (χ4n) is 2.80. The van der Waals surface area contributed by atoms with E-state index < -0.39 is 29.3 Å². The number of thiophene rings is 1. The van der Waals surface area contributed by atoms with Gasteiger partial charge in [-0.1, -0.05) is 29.8 Å². The third kappa shape index (κ3) is 4.73. The molecule has 0 bridgehead atoms. The number of rotatable bonds is 8. The molecule has 4 nitrogen and oxygen atoms in total. The number of allylic oxidation sites excluding steroid dienone is 1. The average Bonchev–Trinajstić information content (AvgIpc) is 3.34. The first-order valence-corrected chi connectivity index (χ1v) is 9.82. The fraction of sp³-hybridized carbons (Fsp3) is 0.200. The van der Waals surface area contributed by atoms with Gasteiger partial charge in [-0.15, -0.1) is 11.3 Å². The zero-order chi connectivity index (χ0) is 21.8. The van der Waals surface area contributed by atoms with E-state index in [9.17, 15) is 22.4 Å². The molecule has 0 saturated heterocycles. The Balaban J connectivity index is 1.93. The molecule has 0 N–H and O–H groups in total. The Morgan fingerprint density at radius 1 is 1.27 bits per heavy atom. The Morgan fingerprint density at radius 3 is 2.63 bits per heavy atom. The Morgan fingerprint density at radius 2 is 2.03 bits per heavy atom. The summed E-state index contributed by atoms with van der Waals surface area (Å²) < 4.78 is 58.9. The first-order valence-electron chi connectivity index (χ1n) is 8.57. The second kappa shape index (κ2) is 9.44. The van der Waals surface area contributed by atoms with Gasteiger partial charge in [0, 0.05) is 5.56 Å². The van der Waals surface area contributed by atoms with Crippen LogP contribution in [0, 0.1) is 0 Å². The van der Waals surface area contributed by atoms with Crippen molar-refractivity contribution in [2.24, 2.45) is 0 Å². The molecular formula is C20H15ClF4N2O2S. The number of hydrogen-bond donors (Lipinski definition) is 0. The molecule has 0 saturated carbocycles. The van der Waals surface area contributed by atoms with Crippen molar-refractivity contribution >= 4 is 34.8 Å². The lowest BCUT2D eigenvalue weighted by Crippen LogP contribution is -2.08. The summed E-state index contributed by atoms with van der Waals surface area (Å²) in [5.74, 6) is 0.171. The maximum Gasteiger partial charge on any atom is 0.283 e. The lowest BCUT2D eigenvalue weighted by Gasteiger charge is -2.12. The first kappa shape index (κ1) is 22.0. The van der Waals surface area contributed by atoms with Gasteiger partial charge in [-0.25, -0.2) is 17.6 Å². The van der Waals surface area contributed by atoms with Crippen molar-refractivity contribution < 1.29 is 27.1 Å². The number of benzene rings is 1. The van der Waals surface area contributed by atoms with Crippen LogP contribution >= 0.6 is 22.9 Å². The van der Waals surface area contributed by atoms with Crippen molar-refractivity contribution in [2.45, 2.75) is 19.4 Å². The van der Waals surface area contributed by atoms with E-state index in [0.717, 1.165) is 4.68 Å². The van der Waals surface area contributed by atoms with E-state index in [0.29, 0.717) is 21.8 Å². The summed E-state index contributed by atoms with van der Waals surface area (Å²) in [4.78, 5) is 12.7. The van der Waals surface area contributed by atoms with Gasteiger partial charge in [0.05, 0.1) is 23.6 Å². The molecule has 2 aromatic heterocycles. The summed E-state index contributed by atoms with van der Waals surface area (Å²) in [5, 5.41) is 4.60. The predicted molar refractivity (Wildman–Crippen MR) is 107 cm³/mol. The number of alkyl halides is 4. The van der Waals surface area contributed by atoms with E-state index in [1.165, 1.54) is 24.5 Å². The van der Waals surface area contributed by atoms with Crippen molar-refractivity contribution in [2.75, 3.05) is 7.11 Å². The van der Waals surface area contributed by atoms with Gasteiger partial charge in [0.15, 0.2) is 5.78 Å². The van der Waals surface area contributed by atoms with Gasteiger partial charge in [-0.05, 0) is 35.2 Å². The van der Waals surface area contributed by atoms with Crippen LogP contribution in [-0.4, -0.2) is 22.7 Å². The second-order valence-electron chi connectivity index (χ2n) is 6.09. The number of ketones is 1. The van der Waals surface area contributed by atoms with Crippen LogP contribution in [0.3, 0.4) is 0 Å². The van der Waals surface area contributed by atoms with Crippen LogP contribution in [0.2, 0.25) is 5.02 Å². The number of aromatic nitrogens is 2. The van der Waals surface area contributed by atoms with Crippen LogP contribution in [-0.2, 0) is 6.54 Å². The zero-order valence-corrected chi connectivity index (χ0v) is 17.1. The minimum absolute atomic E-state index is 0.178. The normalized spacial score (nSPS) is 11.7. The molecule has 3 aromatic rings. The number of ether oxygens (including phenoxy) is 1. The van der Waals surface area contributed by atoms with E-state index in [1.807, 2.05) is 0 Å². The van der Waals surface area contributed by atoms with Crippen molar-refractivity contribution in [3.63, 3.8) is 0 Å². The molecule has 0 aliphatic heterocycles. The number of hydrogen-bond acceptors (Lipinski definition) is 4. The molecule has 0 amide bonds. The Kier molecular flexibility index (Phi) is 6.94. The van der Waals surface area contributed by atoms with Gasteiger partial charge >= 0.3 is 0 Å². The molecule has 158 valence electrons. The molecule has 30 heavy (non-hydrogen) atoms. The van der Waals surface area contributed by atoms with Gasteiger partial charge in [-0.2, -0.15) is 5.10 Å². The molecule has 0 fully saturated rings. The van der Waals surface area contributed by atoms with Gasteiger partial charge in [0.1, 0.15) is 17.1 Å². The molecule has 0 atom stereocenters. The predicted octanol–water partition coefficient (Wildman–Crippen LogP) is 6.43. The van der Waals surface area contributed by atoms with E-state index in [4.69, 9.17) is 16.3 Å². The number of carbonyl (C=O) groups is 1. The first-order chi connectivity index (χ1) is 14.3. The number of nitrogens with zero attached hydrogens (tertiary/aromatic N) is 2. The quantitative estimate of drug-likeness (QED) is 0.222. The Hall–Kier alpha value is -2.65. The molecule has 0 aliphatic carbocycles. The van der Waals surface area contributed by atoms with Gasteiger partial charge in [-0.3, -0.25) is 9.48 Å². The Bertz CT molecular complexity index is 1070. The summed E-state index contributed by atoms with van der Waals surface area (Å²) >= 11 is 7.01. The summed E-state index contributed by atoms with van der Waals surface area (Å²) in [6.07, 6.45) is -3.22. The average molecular weight is 459 g/mol. The lowest BCUT2D eigenvalue weighted by molar-refractivity contribution is 0.105. The largest absolute Gasteiger partial charge is 0.496 e. The highest BCUT2D eigenvalue weighted by Gasteiger charge is 2.28. The third-order valence-corrected chi connectivity index (χ3v) is 5.46. The van der Waals surface area contributed by atoms with Crippen molar-refractivity contribution in [1.29, 1.82) is 0 Å². The monoisotopic (exact) mass is 458 g/mol. The van der Waals surface area contributed by atoms with Crippen molar-refractivity contribution in [3.8, 4) is 5.75 Å². The zero-order valence-electron chi connectivity index (χ0n) is 15.5. The molecule has 0 aliphatic rings. The second-order valence-corrected chi connectivity index (χ2v) is 7.42. The minimum atomic E-state index is -3.09. The van der Waals surface area contributed by atoms with Gasteiger partial charge < -0.3 is 4.74 Å². The van der Waals surface area contributed by atoms with Crippen LogP contribution < -0.4 is 4.74 Å². The smallest absolute Gasteiger partial charge is 0.283 e. The minimum Gasteiger partial charge on any atom is -0.496 e. The highest BCUT2D eigenvalue weighted by atomic mass is 35.5. The lowest BCUT2D eigenvalue weighted by atomic mass is 10.1. The van der Waals surface area contributed by atoms with Crippen molar-refractivity contribution in [3.05, 3.63) is 74.2 Å².